The first-order chi connectivity index (χ1) is 7.55. The van der Waals surface area contributed by atoms with Gasteiger partial charge in [0.15, 0.2) is 0 Å². The van der Waals surface area contributed by atoms with Crippen LogP contribution in [0.25, 0.3) is 0 Å². The summed E-state index contributed by atoms with van der Waals surface area (Å²) < 4.78 is 30.7. The van der Waals surface area contributed by atoms with Crippen LogP contribution in [0, 0.1) is 0 Å². The summed E-state index contributed by atoms with van der Waals surface area (Å²) in [7, 11) is -2.02. The third-order valence-corrected chi connectivity index (χ3v) is 3.61. The monoisotopic (exact) mass is 245 g/mol. The van der Waals surface area contributed by atoms with Crippen molar-refractivity contribution in [3.05, 3.63) is 23.8 Å². The standard InChI is InChI=1S/C10H15NO4S/c1-3-11-16(13,14)9-4-5-10(15-2)8(6-9)7-12/h4-6,11-12H,3,7H2,1-2H3. The van der Waals surface area contributed by atoms with E-state index in [0.717, 1.165) is 0 Å². The van der Waals surface area contributed by atoms with E-state index in [1.807, 2.05) is 0 Å². The number of methoxy groups -OCH3 is 1. The fourth-order valence-corrected chi connectivity index (χ4v) is 2.41. The number of aliphatic hydroxyl groups is 1. The highest BCUT2D eigenvalue weighted by molar-refractivity contribution is 7.89. The molecule has 0 spiro atoms. The Kier molecular flexibility index (Phi) is 4.28. The van der Waals surface area contributed by atoms with Crippen LogP contribution in [0.2, 0.25) is 0 Å². The van der Waals surface area contributed by atoms with Gasteiger partial charge in [0.05, 0.1) is 18.6 Å². The quantitative estimate of drug-likeness (QED) is 0.791. The van der Waals surface area contributed by atoms with Gasteiger partial charge in [-0.25, -0.2) is 13.1 Å². The maximum atomic E-state index is 11.7. The Bertz CT molecular complexity index is 456. The van der Waals surface area contributed by atoms with E-state index in [9.17, 15) is 8.42 Å². The van der Waals surface area contributed by atoms with Crippen molar-refractivity contribution >= 4 is 10.0 Å². The number of hydrogen-bond acceptors (Lipinski definition) is 4. The first-order valence-corrected chi connectivity index (χ1v) is 6.31. The van der Waals surface area contributed by atoms with Crippen molar-refractivity contribution < 1.29 is 18.3 Å². The molecule has 90 valence electrons. The van der Waals surface area contributed by atoms with Crippen LogP contribution in [0.15, 0.2) is 23.1 Å². The highest BCUT2D eigenvalue weighted by Crippen LogP contribution is 2.22. The van der Waals surface area contributed by atoms with Gasteiger partial charge in [-0.3, -0.25) is 0 Å². The number of nitrogens with one attached hydrogen (secondary N) is 1. The Morgan fingerprint density at radius 1 is 1.44 bits per heavy atom. The summed E-state index contributed by atoms with van der Waals surface area (Å²) in [5.74, 6) is 0.470. The predicted octanol–water partition coefficient (Wildman–Crippen LogP) is 0.486. The molecular formula is C10H15NO4S. The van der Waals surface area contributed by atoms with Crippen molar-refractivity contribution in [2.24, 2.45) is 0 Å². The molecule has 6 heteroatoms. The van der Waals surface area contributed by atoms with E-state index < -0.39 is 10.0 Å². The van der Waals surface area contributed by atoms with Crippen LogP contribution in [0.5, 0.6) is 5.75 Å². The van der Waals surface area contributed by atoms with Crippen molar-refractivity contribution in [3.8, 4) is 5.75 Å². The molecule has 2 N–H and O–H groups in total. The van der Waals surface area contributed by atoms with Crippen molar-refractivity contribution in [1.29, 1.82) is 0 Å². The Labute approximate surface area is 95.1 Å². The van der Waals surface area contributed by atoms with Gasteiger partial charge >= 0.3 is 0 Å². The fraction of sp³-hybridized carbons (Fsp3) is 0.400. The molecule has 0 heterocycles. The average Bonchev–Trinajstić information content (AvgIpc) is 2.28. The maximum absolute atomic E-state index is 11.7. The van der Waals surface area contributed by atoms with Gasteiger partial charge in [-0.1, -0.05) is 6.92 Å². The molecule has 0 aliphatic rings. The molecule has 0 aliphatic heterocycles. The highest BCUT2D eigenvalue weighted by Gasteiger charge is 2.14. The summed E-state index contributed by atoms with van der Waals surface area (Å²) in [6.07, 6.45) is 0. The van der Waals surface area contributed by atoms with Crippen LogP contribution in [0.4, 0.5) is 0 Å². The second-order valence-electron chi connectivity index (χ2n) is 3.13. The Balaban J connectivity index is 3.18. The SMILES string of the molecule is CCNS(=O)(=O)c1ccc(OC)c(CO)c1. The smallest absolute Gasteiger partial charge is 0.240 e. The number of sulfonamides is 1. The minimum Gasteiger partial charge on any atom is -0.496 e. The van der Waals surface area contributed by atoms with Gasteiger partial charge < -0.3 is 9.84 Å². The topological polar surface area (TPSA) is 75.6 Å². The van der Waals surface area contributed by atoms with Crippen LogP contribution in [0.3, 0.4) is 0 Å². The van der Waals surface area contributed by atoms with Gasteiger partial charge in [0, 0.05) is 12.1 Å². The summed E-state index contributed by atoms with van der Waals surface area (Å²) >= 11 is 0. The van der Waals surface area contributed by atoms with Crippen LogP contribution < -0.4 is 9.46 Å². The van der Waals surface area contributed by atoms with Crippen molar-refractivity contribution in [3.63, 3.8) is 0 Å². The van der Waals surface area contributed by atoms with Gasteiger partial charge in [-0.15, -0.1) is 0 Å². The molecular weight excluding hydrogens is 230 g/mol. The van der Waals surface area contributed by atoms with Crippen molar-refractivity contribution in [1.82, 2.24) is 4.72 Å². The summed E-state index contributed by atoms with van der Waals surface area (Å²) in [6.45, 7) is 1.76. The van der Waals surface area contributed by atoms with E-state index in [1.165, 1.54) is 25.3 Å². The molecule has 0 unspecified atom stereocenters. The fourth-order valence-electron chi connectivity index (χ4n) is 1.32. The molecule has 0 aromatic heterocycles. The van der Waals surface area contributed by atoms with Crippen LogP contribution in [0.1, 0.15) is 12.5 Å². The van der Waals surface area contributed by atoms with Crippen LogP contribution in [-0.2, 0) is 16.6 Å². The number of rotatable bonds is 5. The zero-order valence-electron chi connectivity index (χ0n) is 9.23. The normalized spacial score (nSPS) is 11.4. The second kappa shape index (κ2) is 5.29. The van der Waals surface area contributed by atoms with E-state index in [-0.39, 0.29) is 11.5 Å². The number of aliphatic hydroxyl groups excluding tert-OH is 1. The first-order valence-electron chi connectivity index (χ1n) is 4.82. The first kappa shape index (κ1) is 13.0. The Morgan fingerprint density at radius 2 is 2.12 bits per heavy atom. The molecule has 0 aliphatic carbocycles. The number of ether oxygens (including phenoxy) is 1. The Morgan fingerprint density at radius 3 is 2.62 bits per heavy atom. The van der Waals surface area contributed by atoms with E-state index in [4.69, 9.17) is 9.84 Å². The van der Waals surface area contributed by atoms with Gasteiger partial charge in [-0.2, -0.15) is 0 Å². The second-order valence-corrected chi connectivity index (χ2v) is 4.90. The molecule has 1 aromatic carbocycles. The summed E-state index contributed by atoms with van der Waals surface area (Å²) in [5.41, 5.74) is 0.446. The summed E-state index contributed by atoms with van der Waals surface area (Å²) in [5, 5.41) is 9.07. The zero-order chi connectivity index (χ0) is 12.2. The van der Waals surface area contributed by atoms with Crippen molar-refractivity contribution in [2.45, 2.75) is 18.4 Å². The molecule has 5 nitrogen and oxygen atoms in total. The van der Waals surface area contributed by atoms with Crippen molar-refractivity contribution in [2.75, 3.05) is 13.7 Å². The zero-order valence-corrected chi connectivity index (χ0v) is 10.0. The lowest BCUT2D eigenvalue weighted by atomic mass is 10.2. The summed E-state index contributed by atoms with van der Waals surface area (Å²) in [6, 6.07) is 4.36. The molecule has 16 heavy (non-hydrogen) atoms. The van der Waals surface area contributed by atoms with Crippen LogP contribution >= 0.6 is 0 Å². The molecule has 0 atom stereocenters. The molecule has 0 radical (unpaired) electrons. The van der Waals surface area contributed by atoms with Gasteiger partial charge in [0.1, 0.15) is 5.75 Å². The predicted molar refractivity (Wildman–Crippen MR) is 59.8 cm³/mol. The number of hydrogen-bond donors (Lipinski definition) is 2. The van der Waals surface area contributed by atoms with Crippen LogP contribution in [-0.4, -0.2) is 27.2 Å². The van der Waals surface area contributed by atoms with E-state index in [0.29, 0.717) is 17.9 Å². The molecule has 0 bridgehead atoms. The third-order valence-electron chi connectivity index (χ3n) is 2.07. The molecule has 1 aromatic rings. The molecule has 0 fully saturated rings. The Hall–Kier alpha value is -1.11. The lowest BCUT2D eigenvalue weighted by molar-refractivity contribution is 0.273. The molecule has 0 saturated carbocycles. The van der Waals surface area contributed by atoms with E-state index in [2.05, 4.69) is 4.72 Å². The third kappa shape index (κ3) is 2.72. The molecule has 1 rings (SSSR count). The van der Waals surface area contributed by atoms with Gasteiger partial charge in [-0.05, 0) is 18.2 Å². The number of benzene rings is 1. The minimum atomic E-state index is -3.48. The highest BCUT2D eigenvalue weighted by atomic mass is 32.2. The summed E-state index contributed by atoms with van der Waals surface area (Å²) in [4.78, 5) is 0.124. The lowest BCUT2D eigenvalue weighted by Crippen LogP contribution is -2.23. The molecule has 0 saturated heterocycles. The van der Waals surface area contributed by atoms with E-state index >= 15 is 0 Å². The average molecular weight is 245 g/mol. The van der Waals surface area contributed by atoms with Gasteiger partial charge in [0.2, 0.25) is 10.0 Å². The maximum Gasteiger partial charge on any atom is 0.240 e. The lowest BCUT2D eigenvalue weighted by Gasteiger charge is -2.09. The minimum absolute atomic E-state index is 0.124. The van der Waals surface area contributed by atoms with E-state index in [1.54, 1.807) is 6.92 Å². The van der Waals surface area contributed by atoms with Gasteiger partial charge in [0.25, 0.3) is 0 Å². The molecule has 0 amide bonds. The largest absolute Gasteiger partial charge is 0.496 e.